The maximum Gasteiger partial charge on any atom is 0.135 e. The van der Waals surface area contributed by atoms with Gasteiger partial charge >= 0.3 is 0 Å². The fourth-order valence-electron chi connectivity index (χ4n) is 1.70. The van der Waals surface area contributed by atoms with Crippen LogP contribution in [0.2, 0.25) is 0 Å². The molecule has 0 aliphatic rings. The van der Waals surface area contributed by atoms with Gasteiger partial charge in [0, 0.05) is 37.8 Å². The van der Waals surface area contributed by atoms with Gasteiger partial charge in [-0.1, -0.05) is 6.92 Å². The number of rotatable bonds is 5. The zero-order valence-corrected chi connectivity index (χ0v) is 9.30. The highest BCUT2D eigenvalue weighted by Crippen LogP contribution is 2.13. The second-order valence-electron chi connectivity index (χ2n) is 3.73. The Labute approximate surface area is 94.2 Å². The van der Waals surface area contributed by atoms with Gasteiger partial charge in [0.25, 0.3) is 0 Å². The average molecular weight is 220 g/mol. The molecule has 1 unspecified atom stereocenters. The Hall–Kier alpha value is -1.62. The second kappa shape index (κ2) is 4.94. The summed E-state index contributed by atoms with van der Waals surface area (Å²) < 4.78 is 2.06. The molecule has 5 heteroatoms. The summed E-state index contributed by atoms with van der Waals surface area (Å²) in [7, 11) is 0. The van der Waals surface area contributed by atoms with Crippen LogP contribution in [0.1, 0.15) is 31.1 Å². The van der Waals surface area contributed by atoms with E-state index in [0.29, 0.717) is 12.2 Å². The largest absolute Gasteiger partial charge is 0.385 e. The van der Waals surface area contributed by atoms with E-state index >= 15 is 0 Å². The summed E-state index contributed by atoms with van der Waals surface area (Å²) in [6.07, 6.45) is 7.97. The predicted octanol–water partition coefficient (Wildman–Crippen LogP) is 1.29. The van der Waals surface area contributed by atoms with Crippen LogP contribution >= 0.6 is 0 Å². The van der Waals surface area contributed by atoms with Gasteiger partial charge in [-0.05, 0) is 6.42 Å². The molecule has 0 aliphatic carbocycles. The molecule has 0 amide bonds. The van der Waals surface area contributed by atoms with E-state index in [2.05, 4.69) is 26.4 Å². The summed E-state index contributed by atoms with van der Waals surface area (Å²) in [5.74, 6) is 1.48. The predicted molar refractivity (Wildman–Crippen MR) is 59.8 cm³/mol. The molecule has 0 saturated carbocycles. The summed E-state index contributed by atoms with van der Waals surface area (Å²) in [6, 6.07) is 0. The van der Waals surface area contributed by atoms with E-state index < -0.39 is 6.10 Å². The van der Waals surface area contributed by atoms with Gasteiger partial charge in [-0.25, -0.2) is 9.97 Å². The molecule has 1 atom stereocenters. The maximum absolute atomic E-state index is 9.93. The van der Waals surface area contributed by atoms with Gasteiger partial charge in [0.15, 0.2) is 0 Å². The molecule has 86 valence electrons. The van der Waals surface area contributed by atoms with Crippen molar-refractivity contribution in [2.45, 2.75) is 32.4 Å². The van der Waals surface area contributed by atoms with Crippen LogP contribution in [0.4, 0.5) is 0 Å². The van der Waals surface area contributed by atoms with Crippen molar-refractivity contribution in [1.82, 2.24) is 19.5 Å². The van der Waals surface area contributed by atoms with Crippen molar-refractivity contribution in [3.8, 4) is 0 Å². The van der Waals surface area contributed by atoms with Crippen LogP contribution in [-0.4, -0.2) is 24.6 Å². The number of aromatic amines is 1. The van der Waals surface area contributed by atoms with Crippen LogP contribution in [0.15, 0.2) is 24.8 Å². The summed E-state index contributed by atoms with van der Waals surface area (Å²) in [5, 5.41) is 9.93. The highest BCUT2D eigenvalue weighted by Gasteiger charge is 2.13. The van der Waals surface area contributed by atoms with E-state index in [0.717, 1.165) is 18.8 Å². The molecule has 0 aromatic carbocycles. The third-order valence-corrected chi connectivity index (χ3v) is 2.48. The van der Waals surface area contributed by atoms with Crippen LogP contribution < -0.4 is 0 Å². The van der Waals surface area contributed by atoms with Crippen molar-refractivity contribution in [2.75, 3.05) is 0 Å². The lowest BCUT2D eigenvalue weighted by molar-refractivity contribution is 0.165. The lowest BCUT2D eigenvalue weighted by atomic mass is 10.2. The van der Waals surface area contributed by atoms with Crippen molar-refractivity contribution in [2.24, 2.45) is 0 Å². The number of aliphatic hydroxyl groups is 1. The monoisotopic (exact) mass is 220 g/mol. The molecule has 0 aliphatic heterocycles. The Kier molecular flexibility index (Phi) is 3.36. The van der Waals surface area contributed by atoms with Gasteiger partial charge in [-0.2, -0.15) is 0 Å². The van der Waals surface area contributed by atoms with Crippen LogP contribution in [0.25, 0.3) is 0 Å². The molecule has 0 fully saturated rings. The van der Waals surface area contributed by atoms with Crippen LogP contribution in [-0.2, 0) is 13.0 Å². The van der Waals surface area contributed by atoms with E-state index in [-0.39, 0.29) is 0 Å². The summed E-state index contributed by atoms with van der Waals surface area (Å²) in [5.41, 5.74) is 0. The number of nitrogens with zero attached hydrogens (tertiary/aromatic N) is 3. The summed E-state index contributed by atoms with van der Waals surface area (Å²) in [4.78, 5) is 11.2. The SMILES string of the molecule is CCCn1ccnc1CC(O)c1ncc[nH]1. The lowest BCUT2D eigenvalue weighted by Gasteiger charge is -2.09. The quantitative estimate of drug-likeness (QED) is 0.798. The molecule has 0 bridgehead atoms. The first-order valence-electron chi connectivity index (χ1n) is 5.48. The molecule has 0 spiro atoms. The Morgan fingerprint density at radius 2 is 2.31 bits per heavy atom. The molecule has 2 aromatic heterocycles. The highest BCUT2D eigenvalue weighted by atomic mass is 16.3. The third-order valence-electron chi connectivity index (χ3n) is 2.48. The van der Waals surface area contributed by atoms with Gasteiger partial charge in [0.2, 0.25) is 0 Å². The maximum atomic E-state index is 9.93. The first-order valence-corrected chi connectivity index (χ1v) is 5.48. The van der Waals surface area contributed by atoms with E-state index in [1.54, 1.807) is 18.6 Å². The Bertz CT molecular complexity index is 421. The standard InChI is InChI=1S/C11H16N4O/c1-2-6-15-7-5-12-10(15)8-9(16)11-13-3-4-14-11/h3-5,7,9,16H,2,6,8H2,1H3,(H,13,14). The van der Waals surface area contributed by atoms with Crippen molar-refractivity contribution in [1.29, 1.82) is 0 Å². The highest BCUT2D eigenvalue weighted by molar-refractivity contribution is 5.00. The molecular formula is C11H16N4O. The Morgan fingerprint density at radius 1 is 1.44 bits per heavy atom. The van der Waals surface area contributed by atoms with E-state index in [9.17, 15) is 5.11 Å². The molecule has 2 aromatic rings. The molecular weight excluding hydrogens is 204 g/mol. The zero-order chi connectivity index (χ0) is 11.4. The molecule has 2 N–H and O–H groups in total. The minimum atomic E-state index is -0.618. The Balaban J connectivity index is 2.06. The van der Waals surface area contributed by atoms with Crippen molar-refractivity contribution in [3.05, 3.63) is 36.4 Å². The van der Waals surface area contributed by atoms with Crippen molar-refractivity contribution >= 4 is 0 Å². The summed E-state index contributed by atoms with van der Waals surface area (Å²) in [6.45, 7) is 3.05. The Morgan fingerprint density at radius 3 is 3.00 bits per heavy atom. The number of imidazole rings is 2. The number of aromatic nitrogens is 4. The normalized spacial score (nSPS) is 12.9. The van der Waals surface area contributed by atoms with E-state index in [4.69, 9.17) is 0 Å². The lowest BCUT2D eigenvalue weighted by Crippen LogP contribution is -2.10. The van der Waals surface area contributed by atoms with Crippen molar-refractivity contribution in [3.63, 3.8) is 0 Å². The minimum absolute atomic E-state index is 0.487. The topological polar surface area (TPSA) is 66.7 Å². The average Bonchev–Trinajstić information content (AvgIpc) is 2.90. The van der Waals surface area contributed by atoms with Gasteiger partial charge in [0.05, 0.1) is 0 Å². The number of aryl methyl sites for hydroxylation is 1. The van der Waals surface area contributed by atoms with Gasteiger partial charge in [-0.3, -0.25) is 0 Å². The fourth-order valence-corrected chi connectivity index (χ4v) is 1.70. The fraction of sp³-hybridized carbons (Fsp3) is 0.455. The molecule has 16 heavy (non-hydrogen) atoms. The third kappa shape index (κ3) is 2.30. The molecule has 0 saturated heterocycles. The zero-order valence-electron chi connectivity index (χ0n) is 9.30. The van der Waals surface area contributed by atoms with E-state index in [1.807, 2.05) is 6.20 Å². The number of aliphatic hydroxyl groups excluding tert-OH is 1. The first kappa shape index (κ1) is 10.9. The second-order valence-corrected chi connectivity index (χ2v) is 3.73. The van der Waals surface area contributed by atoms with Crippen LogP contribution in [0, 0.1) is 0 Å². The van der Waals surface area contributed by atoms with Crippen LogP contribution in [0.5, 0.6) is 0 Å². The van der Waals surface area contributed by atoms with Gasteiger partial charge < -0.3 is 14.7 Å². The van der Waals surface area contributed by atoms with Gasteiger partial charge in [0.1, 0.15) is 17.8 Å². The molecule has 5 nitrogen and oxygen atoms in total. The van der Waals surface area contributed by atoms with Gasteiger partial charge in [-0.15, -0.1) is 0 Å². The molecule has 2 rings (SSSR count). The number of nitrogens with one attached hydrogen (secondary N) is 1. The van der Waals surface area contributed by atoms with Crippen LogP contribution in [0.3, 0.4) is 0 Å². The number of hydrogen-bond acceptors (Lipinski definition) is 3. The smallest absolute Gasteiger partial charge is 0.135 e. The molecule has 2 heterocycles. The van der Waals surface area contributed by atoms with Crippen molar-refractivity contribution < 1.29 is 5.11 Å². The first-order chi connectivity index (χ1) is 7.81. The van der Waals surface area contributed by atoms with E-state index in [1.165, 1.54) is 0 Å². The summed E-state index contributed by atoms with van der Waals surface area (Å²) >= 11 is 0. The molecule has 0 radical (unpaired) electrons. The number of hydrogen-bond donors (Lipinski definition) is 2. The minimum Gasteiger partial charge on any atom is -0.385 e. The number of H-pyrrole nitrogens is 1.